The Hall–Kier alpha value is -2.97. The highest BCUT2D eigenvalue weighted by atomic mass is 19.3. The van der Waals surface area contributed by atoms with Crippen LogP contribution in [0.5, 0.6) is 5.75 Å². The lowest BCUT2D eigenvalue weighted by Crippen LogP contribution is -2.20. The number of nitrogens with one attached hydrogen (secondary N) is 1. The van der Waals surface area contributed by atoms with Gasteiger partial charge in [-0.1, -0.05) is 6.07 Å². The first-order valence-corrected chi connectivity index (χ1v) is 6.06. The minimum Gasteiger partial charge on any atom is -0.435 e. The summed E-state index contributed by atoms with van der Waals surface area (Å²) in [5.41, 5.74) is 5.43. The third-order valence-electron chi connectivity index (χ3n) is 2.74. The molecule has 0 spiro atoms. The normalized spacial score (nSPS) is 10.5. The molecule has 1 aromatic heterocycles. The molecule has 0 bridgehead atoms. The average Bonchev–Trinajstić information content (AvgIpc) is 2.79. The van der Waals surface area contributed by atoms with Gasteiger partial charge in [-0.2, -0.15) is 13.9 Å². The lowest BCUT2D eigenvalue weighted by atomic mass is 10.2. The smallest absolute Gasteiger partial charge is 0.387 e. The van der Waals surface area contributed by atoms with Crippen molar-refractivity contribution in [1.82, 2.24) is 9.78 Å². The van der Waals surface area contributed by atoms with E-state index < -0.39 is 18.4 Å². The van der Waals surface area contributed by atoms with Crippen molar-refractivity contribution in [3.05, 3.63) is 41.7 Å². The number of aryl methyl sites for hydroxylation is 1. The molecule has 0 fully saturated rings. The molecule has 22 heavy (non-hydrogen) atoms. The Balaban J connectivity index is 2.21. The van der Waals surface area contributed by atoms with Crippen molar-refractivity contribution in [3.8, 4) is 5.75 Å². The maximum absolute atomic E-state index is 12.2. The number of rotatable bonds is 5. The van der Waals surface area contributed by atoms with Crippen molar-refractivity contribution in [2.45, 2.75) is 6.61 Å². The van der Waals surface area contributed by atoms with Crippen LogP contribution in [0.1, 0.15) is 20.8 Å². The van der Waals surface area contributed by atoms with Gasteiger partial charge in [0, 0.05) is 12.6 Å². The van der Waals surface area contributed by atoms with Crippen LogP contribution in [0.3, 0.4) is 0 Å². The Morgan fingerprint density at radius 2 is 2.14 bits per heavy atom. The number of halogens is 2. The maximum Gasteiger partial charge on any atom is 0.387 e. The molecular weight excluding hydrogens is 298 g/mol. The standard InChI is InChI=1S/C13H12F2N4O3/c1-19-10(11(16)20)9(6-17-19)18-12(21)7-3-2-4-8(5-7)22-13(14)15/h2-6,13H,1H3,(H2,16,20)(H,18,21). The lowest BCUT2D eigenvalue weighted by Gasteiger charge is -2.08. The average molecular weight is 310 g/mol. The van der Waals surface area contributed by atoms with E-state index in [1.807, 2.05) is 0 Å². The number of alkyl halides is 2. The van der Waals surface area contributed by atoms with Gasteiger partial charge < -0.3 is 15.8 Å². The second kappa shape index (κ2) is 6.20. The Bertz CT molecular complexity index is 715. The Labute approximate surface area is 123 Å². The molecule has 0 aliphatic rings. The highest BCUT2D eigenvalue weighted by molar-refractivity contribution is 6.08. The van der Waals surface area contributed by atoms with Gasteiger partial charge in [-0.3, -0.25) is 14.3 Å². The number of nitrogens with zero attached hydrogens (tertiary/aromatic N) is 2. The zero-order chi connectivity index (χ0) is 16.3. The number of nitrogens with two attached hydrogens (primary N) is 1. The van der Waals surface area contributed by atoms with Gasteiger partial charge in [-0.05, 0) is 18.2 Å². The summed E-state index contributed by atoms with van der Waals surface area (Å²) in [7, 11) is 1.49. The van der Waals surface area contributed by atoms with Crippen LogP contribution in [0.2, 0.25) is 0 Å². The Kier molecular flexibility index (Phi) is 4.35. The maximum atomic E-state index is 12.2. The summed E-state index contributed by atoms with van der Waals surface area (Å²) in [6.45, 7) is -2.99. The molecule has 0 atom stereocenters. The SMILES string of the molecule is Cn1ncc(NC(=O)c2cccc(OC(F)F)c2)c1C(N)=O. The van der Waals surface area contributed by atoms with Crippen molar-refractivity contribution in [2.75, 3.05) is 5.32 Å². The first-order valence-electron chi connectivity index (χ1n) is 6.06. The monoisotopic (exact) mass is 310 g/mol. The molecule has 2 aromatic rings. The first kappa shape index (κ1) is 15.4. The van der Waals surface area contributed by atoms with Gasteiger partial charge in [-0.15, -0.1) is 0 Å². The van der Waals surface area contributed by atoms with E-state index in [4.69, 9.17) is 5.73 Å². The van der Waals surface area contributed by atoms with Crippen LogP contribution in [0, 0.1) is 0 Å². The molecule has 0 unspecified atom stereocenters. The van der Waals surface area contributed by atoms with E-state index in [-0.39, 0.29) is 22.7 Å². The van der Waals surface area contributed by atoms with Gasteiger partial charge in [0.2, 0.25) is 0 Å². The molecule has 0 radical (unpaired) electrons. The summed E-state index contributed by atoms with van der Waals surface area (Å²) in [6.07, 6.45) is 1.26. The van der Waals surface area contributed by atoms with Gasteiger partial charge in [0.25, 0.3) is 11.8 Å². The van der Waals surface area contributed by atoms with E-state index in [1.54, 1.807) is 0 Å². The predicted molar refractivity (Wildman–Crippen MR) is 72.8 cm³/mol. The molecule has 0 saturated carbocycles. The number of carbonyl (C=O) groups is 2. The minimum atomic E-state index is -2.99. The molecule has 2 rings (SSSR count). The number of benzene rings is 1. The number of primary amides is 1. The molecule has 9 heteroatoms. The quantitative estimate of drug-likeness (QED) is 0.871. The zero-order valence-corrected chi connectivity index (χ0v) is 11.4. The van der Waals surface area contributed by atoms with E-state index in [2.05, 4.69) is 15.2 Å². The van der Waals surface area contributed by atoms with Crippen LogP contribution < -0.4 is 15.8 Å². The molecule has 7 nitrogen and oxygen atoms in total. The van der Waals surface area contributed by atoms with E-state index in [0.717, 1.165) is 6.07 Å². The predicted octanol–water partition coefficient (Wildman–Crippen LogP) is 1.37. The van der Waals surface area contributed by atoms with E-state index in [9.17, 15) is 18.4 Å². The van der Waals surface area contributed by atoms with Gasteiger partial charge in [0.05, 0.1) is 11.9 Å². The number of hydrogen-bond donors (Lipinski definition) is 2. The van der Waals surface area contributed by atoms with E-state index >= 15 is 0 Å². The summed E-state index contributed by atoms with van der Waals surface area (Å²) < 4.78 is 29.8. The number of aromatic nitrogens is 2. The van der Waals surface area contributed by atoms with Crippen LogP contribution in [0.25, 0.3) is 0 Å². The number of ether oxygens (including phenoxy) is 1. The van der Waals surface area contributed by atoms with Crippen molar-refractivity contribution in [3.63, 3.8) is 0 Å². The highest BCUT2D eigenvalue weighted by Gasteiger charge is 2.17. The van der Waals surface area contributed by atoms with Gasteiger partial charge in [0.15, 0.2) is 0 Å². The summed E-state index contributed by atoms with van der Waals surface area (Å²) >= 11 is 0. The van der Waals surface area contributed by atoms with Crippen molar-refractivity contribution in [1.29, 1.82) is 0 Å². The third kappa shape index (κ3) is 3.37. The van der Waals surface area contributed by atoms with E-state index in [1.165, 1.54) is 36.1 Å². The third-order valence-corrected chi connectivity index (χ3v) is 2.74. The van der Waals surface area contributed by atoms with Crippen LogP contribution in [0.4, 0.5) is 14.5 Å². The molecule has 1 aromatic carbocycles. The summed E-state index contributed by atoms with van der Waals surface area (Å²) in [5, 5.41) is 6.26. The number of anilines is 1. The number of carbonyl (C=O) groups excluding carboxylic acids is 2. The van der Waals surface area contributed by atoms with Crippen molar-refractivity contribution < 1.29 is 23.1 Å². The first-order chi connectivity index (χ1) is 10.4. The number of amides is 2. The van der Waals surface area contributed by atoms with E-state index in [0.29, 0.717) is 0 Å². The highest BCUT2D eigenvalue weighted by Crippen LogP contribution is 2.18. The topological polar surface area (TPSA) is 99.2 Å². The number of hydrogen-bond acceptors (Lipinski definition) is 4. The van der Waals surface area contributed by atoms with Crippen molar-refractivity contribution >= 4 is 17.5 Å². The fraction of sp³-hybridized carbons (Fsp3) is 0.154. The lowest BCUT2D eigenvalue weighted by molar-refractivity contribution is -0.0498. The summed E-state index contributed by atoms with van der Waals surface area (Å²) in [5.74, 6) is -1.52. The van der Waals surface area contributed by atoms with Crippen LogP contribution in [0.15, 0.2) is 30.5 Å². The largest absolute Gasteiger partial charge is 0.435 e. The van der Waals surface area contributed by atoms with Gasteiger partial charge >= 0.3 is 6.61 Å². The molecule has 1 heterocycles. The molecule has 116 valence electrons. The second-order valence-corrected chi connectivity index (χ2v) is 4.26. The molecule has 3 N–H and O–H groups in total. The summed E-state index contributed by atoms with van der Waals surface area (Å²) in [6, 6.07) is 5.25. The fourth-order valence-corrected chi connectivity index (χ4v) is 1.83. The fourth-order valence-electron chi connectivity index (χ4n) is 1.83. The van der Waals surface area contributed by atoms with Crippen molar-refractivity contribution in [2.24, 2.45) is 12.8 Å². The molecule has 0 aliphatic heterocycles. The Morgan fingerprint density at radius 3 is 2.77 bits per heavy atom. The van der Waals surface area contributed by atoms with Gasteiger partial charge in [0.1, 0.15) is 11.4 Å². The molecule has 2 amide bonds. The molecule has 0 saturated heterocycles. The van der Waals surface area contributed by atoms with Crippen LogP contribution >= 0.6 is 0 Å². The minimum absolute atomic E-state index is 0.0216. The zero-order valence-electron chi connectivity index (χ0n) is 11.4. The summed E-state index contributed by atoms with van der Waals surface area (Å²) in [4.78, 5) is 23.4. The Morgan fingerprint density at radius 1 is 1.41 bits per heavy atom. The van der Waals surface area contributed by atoms with Crippen LogP contribution in [-0.4, -0.2) is 28.2 Å². The van der Waals surface area contributed by atoms with Gasteiger partial charge in [-0.25, -0.2) is 0 Å². The second-order valence-electron chi connectivity index (χ2n) is 4.26. The molecular formula is C13H12F2N4O3. The molecule has 0 aliphatic carbocycles. The van der Waals surface area contributed by atoms with Crippen LogP contribution in [-0.2, 0) is 7.05 Å².